The molecule has 0 aliphatic rings. The molecule has 0 saturated heterocycles. The lowest BCUT2D eigenvalue weighted by molar-refractivity contribution is -0.115. The summed E-state index contributed by atoms with van der Waals surface area (Å²) in [6, 6.07) is 17.5. The summed E-state index contributed by atoms with van der Waals surface area (Å²) in [5.74, 6) is -2.09. The molecule has 1 aromatic heterocycles. The maximum absolute atomic E-state index is 14.0. The SMILES string of the molecule is CCc1ccc(-n2c(SC(C)C(=O)Nc3ccc(F)cc3F)nc3ccccc3c2=O)cc1. The van der Waals surface area contributed by atoms with Gasteiger partial charge in [-0.3, -0.25) is 14.2 Å². The molecule has 0 bridgehead atoms. The van der Waals surface area contributed by atoms with Crippen LogP contribution in [0, 0.1) is 11.6 Å². The summed E-state index contributed by atoms with van der Waals surface area (Å²) in [6.07, 6.45) is 0.865. The van der Waals surface area contributed by atoms with Gasteiger partial charge in [-0.1, -0.05) is 43.0 Å². The quantitative estimate of drug-likeness (QED) is 0.308. The summed E-state index contributed by atoms with van der Waals surface area (Å²) in [5, 5.41) is 2.55. The van der Waals surface area contributed by atoms with E-state index in [0.717, 1.165) is 29.8 Å². The van der Waals surface area contributed by atoms with Gasteiger partial charge in [0.05, 0.1) is 27.5 Å². The molecular weight excluding hydrogens is 444 g/mol. The van der Waals surface area contributed by atoms with E-state index in [2.05, 4.69) is 10.3 Å². The van der Waals surface area contributed by atoms with Gasteiger partial charge in [0.1, 0.15) is 11.6 Å². The molecule has 3 aromatic carbocycles. The van der Waals surface area contributed by atoms with Gasteiger partial charge in [0, 0.05) is 6.07 Å². The Morgan fingerprint density at radius 1 is 1.09 bits per heavy atom. The summed E-state index contributed by atoms with van der Waals surface area (Å²) in [7, 11) is 0. The highest BCUT2D eigenvalue weighted by atomic mass is 32.2. The van der Waals surface area contributed by atoms with E-state index in [1.807, 2.05) is 31.2 Å². The van der Waals surface area contributed by atoms with Crippen LogP contribution in [-0.2, 0) is 11.2 Å². The predicted molar refractivity (Wildman–Crippen MR) is 127 cm³/mol. The number of para-hydroxylation sites is 1. The van der Waals surface area contributed by atoms with Crippen LogP contribution in [-0.4, -0.2) is 20.7 Å². The molecule has 0 aliphatic heterocycles. The highest BCUT2D eigenvalue weighted by Crippen LogP contribution is 2.26. The van der Waals surface area contributed by atoms with Crippen molar-refractivity contribution in [3.63, 3.8) is 0 Å². The molecule has 0 saturated carbocycles. The first-order valence-electron chi connectivity index (χ1n) is 10.4. The Bertz CT molecular complexity index is 1390. The highest BCUT2D eigenvalue weighted by Gasteiger charge is 2.21. The highest BCUT2D eigenvalue weighted by molar-refractivity contribution is 8.00. The number of carbonyl (C=O) groups is 1. The number of halogens is 2. The molecule has 0 radical (unpaired) electrons. The van der Waals surface area contributed by atoms with E-state index < -0.39 is 22.8 Å². The topological polar surface area (TPSA) is 64.0 Å². The number of carbonyl (C=O) groups excluding carboxylic acids is 1. The first kappa shape index (κ1) is 22.7. The normalized spacial score (nSPS) is 12.0. The molecule has 0 aliphatic carbocycles. The van der Waals surface area contributed by atoms with Crippen LogP contribution in [0.1, 0.15) is 19.4 Å². The van der Waals surface area contributed by atoms with Crippen molar-refractivity contribution in [2.45, 2.75) is 30.7 Å². The van der Waals surface area contributed by atoms with Crippen LogP contribution in [0.4, 0.5) is 14.5 Å². The Morgan fingerprint density at radius 2 is 1.82 bits per heavy atom. The minimum Gasteiger partial charge on any atom is -0.323 e. The van der Waals surface area contributed by atoms with Crippen molar-refractivity contribution in [3.8, 4) is 5.69 Å². The number of fused-ring (bicyclic) bond motifs is 1. The third-order valence-corrected chi connectivity index (χ3v) is 6.24. The molecule has 0 spiro atoms. The average molecular weight is 466 g/mol. The van der Waals surface area contributed by atoms with Gasteiger partial charge in [-0.05, 0) is 55.3 Å². The average Bonchev–Trinajstić information content (AvgIpc) is 2.81. The maximum Gasteiger partial charge on any atom is 0.266 e. The van der Waals surface area contributed by atoms with E-state index in [-0.39, 0.29) is 11.2 Å². The number of aromatic nitrogens is 2. The Kier molecular flexibility index (Phi) is 6.55. The van der Waals surface area contributed by atoms with Crippen molar-refractivity contribution < 1.29 is 13.6 Å². The predicted octanol–water partition coefficient (Wildman–Crippen LogP) is 5.35. The van der Waals surface area contributed by atoms with E-state index in [1.54, 1.807) is 31.2 Å². The molecule has 33 heavy (non-hydrogen) atoms. The van der Waals surface area contributed by atoms with Gasteiger partial charge in [0.15, 0.2) is 5.16 Å². The lowest BCUT2D eigenvalue weighted by Gasteiger charge is -2.17. The maximum atomic E-state index is 14.0. The standard InChI is InChI=1S/C25H21F2N3O2S/c1-3-16-8-11-18(12-9-16)30-24(32)19-6-4-5-7-21(19)29-25(30)33-15(2)23(31)28-22-13-10-17(26)14-20(22)27/h4-15H,3H2,1-2H3,(H,28,31). The molecule has 1 unspecified atom stereocenters. The van der Waals surface area contributed by atoms with Gasteiger partial charge in [-0.15, -0.1) is 0 Å². The zero-order chi connectivity index (χ0) is 23.5. The number of nitrogens with zero attached hydrogens (tertiary/aromatic N) is 2. The van der Waals surface area contributed by atoms with Gasteiger partial charge < -0.3 is 5.32 Å². The van der Waals surface area contributed by atoms with Gasteiger partial charge in [-0.25, -0.2) is 13.8 Å². The molecule has 4 aromatic rings. The van der Waals surface area contributed by atoms with Crippen LogP contribution in [0.15, 0.2) is 76.7 Å². The number of anilines is 1. The Hall–Kier alpha value is -3.52. The number of hydrogen-bond acceptors (Lipinski definition) is 4. The Morgan fingerprint density at radius 3 is 2.52 bits per heavy atom. The van der Waals surface area contributed by atoms with Crippen LogP contribution in [0.2, 0.25) is 0 Å². The van der Waals surface area contributed by atoms with Gasteiger partial charge in [-0.2, -0.15) is 0 Å². The molecule has 1 atom stereocenters. The number of thioether (sulfide) groups is 1. The third-order valence-electron chi connectivity index (χ3n) is 5.19. The Balaban J connectivity index is 1.71. The van der Waals surface area contributed by atoms with Crippen LogP contribution in [0.5, 0.6) is 0 Å². The van der Waals surface area contributed by atoms with Crippen LogP contribution in [0.3, 0.4) is 0 Å². The zero-order valence-corrected chi connectivity index (χ0v) is 18.8. The molecule has 5 nitrogen and oxygen atoms in total. The smallest absolute Gasteiger partial charge is 0.266 e. The third kappa shape index (κ3) is 4.80. The van der Waals surface area contributed by atoms with Crippen LogP contribution < -0.4 is 10.9 Å². The molecule has 8 heteroatoms. The summed E-state index contributed by atoms with van der Waals surface area (Å²) in [6.45, 7) is 3.68. The number of amides is 1. The van der Waals surface area contributed by atoms with Gasteiger partial charge >= 0.3 is 0 Å². The first-order chi connectivity index (χ1) is 15.9. The second-order valence-electron chi connectivity index (χ2n) is 7.45. The number of aryl methyl sites for hydroxylation is 1. The molecule has 168 valence electrons. The molecule has 0 fully saturated rings. The Labute approximate surface area is 193 Å². The zero-order valence-electron chi connectivity index (χ0n) is 18.0. The van der Waals surface area contributed by atoms with E-state index in [9.17, 15) is 18.4 Å². The van der Waals surface area contributed by atoms with Gasteiger partial charge in [0.25, 0.3) is 5.56 Å². The number of nitrogens with one attached hydrogen (secondary N) is 1. The van der Waals surface area contributed by atoms with E-state index in [0.29, 0.717) is 27.8 Å². The minimum atomic E-state index is -0.864. The van der Waals surface area contributed by atoms with E-state index in [1.165, 1.54) is 10.6 Å². The number of rotatable bonds is 6. The summed E-state index contributed by atoms with van der Waals surface area (Å²) in [5.41, 5.74) is 1.92. The molecule has 1 N–H and O–H groups in total. The lowest BCUT2D eigenvalue weighted by atomic mass is 10.1. The fourth-order valence-corrected chi connectivity index (χ4v) is 4.26. The molecular formula is C25H21F2N3O2S. The first-order valence-corrected chi connectivity index (χ1v) is 11.3. The monoisotopic (exact) mass is 465 g/mol. The second-order valence-corrected chi connectivity index (χ2v) is 8.75. The minimum absolute atomic E-state index is 0.118. The summed E-state index contributed by atoms with van der Waals surface area (Å²) < 4.78 is 28.6. The van der Waals surface area contributed by atoms with Crippen molar-refractivity contribution in [3.05, 3.63) is 94.3 Å². The van der Waals surface area contributed by atoms with Crippen molar-refractivity contribution >= 4 is 34.3 Å². The summed E-state index contributed by atoms with van der Waals surface area (Å²) in [4.78, 5) is 30.7. The fraction of sp³-hybridized carbons (Fsp3) is 0.160. The molecule has 4 rings (SSSR count). The molecule has 1 heterocycles. The van der Waals surface area contributed by atoms with E-state index in [4.69, 9.17) is 0 Å². The van der Waals surface area contributed by atoms with Crippen LogP contribution in [0.25, 0.3) is 16.6 Å². The van der Waals surface area contributed by atoms with E-state index >= 15 is 0 Å². The van der Waals surface area contributed by atoms with Crippen molar-refractivity contribution in [2.24, 2.45) is 0 Å². The van der Waals surface area contributed by atoms with Crippen molar-refractivity contribution in [1.82, 2.24) is 9.55 Å². The van der Waals surface area contributed by atoms with Crippen LogP contribution >= 0.6 is 11.8 Å². The van der Waals surface area contributed by atoms with Gasteiger partial charge in [0.2, 0.25) is 5.91 Å². The lowest BCUT2D eigenvalue weighted by Crippen LogP contribution is -2.26. The largest absolute Gasteiger partial charge is 0.323 e. The number of benzene rings is 3. The molecule has 1 amide bonds. The fourth-order valence-electron chi connectivity index (χ4n) is 3.34. The van der Waals surface area contributed by atoms with Crippen molar-refractivity contribution in [2.75, 3.05) is 5.32 Å². The second kappa shape index (κ2) is 9.54. The van der Waals surface area contributed by atoms with Crippen molar-refractivity contribution in [1.29, 1.82) is 0 Å². The number of hydrogen-bond donors (Lipinski definition) is 1. The summed E-state index contributed by atoms with van der Waals surface area (Å²) >= 11 is 1.08.